The van der Waals surface area contributed by atoms with Gasteiger partial charge in [-0.05, 0) is 12.3 Å². The summed E-state index contributed by atoms with van der Waals surface area (Å²) in [7, 11) is 0. The summed E-state index contributed by atoms with van der Waals surface area (Å²) in [5, 5.41) is 10.2. The highest BCUT2D eigenvalue weighted by molar-refractivity contribution is 7.99. The second kappa shape index (κ2) is 3.16. The molecule has 1 atom stereocenters. The number of carboxylic acids is 1. The van der Waals surface area contributed by atoms with Gasteiger partial charge in [0, 0.05) is 6.21 Å². The Hall–Kier alpha value is -1.01. The van der Waals surface area contributed by atoms with Crippen LogP contribution in [0.2, 0.25) is 0 Å². The molecule has 0 aromatic heterocycles. The van der Waals surface area contributed by atoms with Crippen molar-refractivity contribution >= 4 is 23.9 Å². The Morgan fingerprint density at radius 2 is 2.58 bits per heavy atom. The number of carbonyl (C=O) groups is 1. The number of aliphatic imine (C=N–C) groups is 1. The van der Waals surface area contributed by atoms with Crippen molar-refractivity contribution in [1.82, 2.24) is 5.32 Å². The first kappa shape index (κ1) is 9.08. The topological polar surface area (TPSA) is 87.7 Å². The van der Waals surface area contributed by atoms with Crippen LogP contribution in [0.5, 0.6) is 0 Å². The summed E-state index contributed by atoms with van der Waals surface area (Å²) < 4.78 is 0. The maximum Gasteiger partial charge on any atom is 0.352 e. The first-order valence-electron chi connectivity index (χ1n) is 3.18. The van der Waals surface area contributed by atoms with Crippen LogP contribution in [-0.2, 0) is 4.79 Å². The molecule has 0 fully saturated rings. The van der Waals surface area contributed by atoms with Gasteiger partial charge in [0.15, 0.2) is 0 Å². The van der Waals surface area contributed by atoms with Gasteiger partial charge in [0.1, 0.15) is 5.70 Å². The molecule has 0 aromatic rings. The smallest absolute Gasteiger partial charge is 0.352 e. The van der Waals surface area contributed by atoms with E-state index in [4.69, 9.17) is 10.8 Å². The Morgan fingerprint density at radius 1 is 1.92 bits per heavy atom. The van der Waals surface area contributed by atoms with Crippen molar-refractivity contribution < 1.29 is 9.90 Å². The third-order valence-electron chi connectivity index (χ3n) is 1.36. The molecule has 1 heterocycles. The van der Waals surface area contributed by atoms with Gasteiger partial charge >= 0.3 is 5.97 Å². The molecule has 0 radical (unpaired) electrons. The van der Waals surface area contributed by atoms with E-state index >= 15 is 0 Å². The minimum Gasteiger partial charge on any atom is -0.477 e. The van der Waals surface area contributed by atoms with E-state index in [0.29, 0.717) is 0 Å². The maximum absolute atomic E-state index is 10.5. The van der Waals surface area contributed by atoms with E-state index in [-0.39, 0.29) is 5.70 Å². The van der Waals surface area contributed by atoms with E-state index in [1.165, 1.54) is 24.1 Å². The van der Waals surface area contributed by atoms with Crippen LogP contribution in [0.3, 0.4) is 0 Å². The van der Waals surface area contributed by atoms with Gasteiger partial charge < -0.3 is 10.4 Å². The first-order chi connectivity index (χ1) is 5.57. The number of nitrogens with one attached hydrogen (secondary N) is 1. The summed E-state index contributed by atoms with van der Waals surface area (Å²) in [6.07, 6.45) is 4.50. The van der Waals surface area contributed by atoms with Crippen molar-refractivity contribution in [3.63, 3.8) is 0 Å². The maximum atomic E-state index is 10.5. The predicted octanol–water partition coefficient (Wildman–Crippen LogP) is -0.438. The zero-order valence-electron chi connectivity index (χ0n) is 6.44. The second-order valence-electron chi connectivity index (χ2n) is 2.19. The quantitative estimate of drug-likeness (QED) is 0.510. The van der Waals surface area contributed by atoms with Gasteiger partial charge in [-0.25, -0.2) is 9.79 Å². The molecule has 12 heavy (non-hydrogen) atoms. The minimum atomic E-state index is -1.04. The van der Waals surface area contributed by atoms with Crippen molar-refractivity contribution in [2.45, 2.75) is 5.12 Å². The standard InChI is InChI=1S/C6H9N3O2S/c1-12-6(7)8-3-2-4(9-6)5(10)11/h2-3,9H,7H2,1H3,(H,10,11). The zero-order chi connectivity index (χ0) is 9.19. The van der Waals surface area contributed by atoms with Crippen molar-refractivity contribution in [1.29, 1.82) is 0 Å². The average molecular weight is 187 g/mol. The monoisotopic (exact) mass is 187 g/mol. The van der Waals surface area contributed by atoms with E-state index < -0.39 is 11.1 Å². The Bertz CT molecular complexity index is 264. The molecule has 0 aromatic carbocycles. The van der Waals surface area contributed by atoms with Crippen LogP contribution in [0, 0.1) is 0 Å². The van der Waals surface area contributed by atoms with E-state index in [1.54, 1.807) is 6.26 Å². The summed E-state index contributed by atoms with van der Waals surface area (Å²) in [6, 6.07) is 0. The largest absolute Gasteiger partial charge is 0.477 e. The summed E-state index contributed by atoms with van der Waals surface area (Å²) in [5.74, 6) is -1.04. The van der Waals surface area contributed by atoms with Gasteiger partial charge in [-0.15, -0.1) is 0 Å². The highest BCUT2D eigenvalue weighted by Crippen LogP contribution is 2.17. The van der Waals surface area contributed by atoms with Crippen LogP contribution in [0.1, 0.15) is 0 Å². The number of rotatable bonds is 2. The van der Waals surface area contributed by atoms with Crippen LogP contribution in [0.15, 0.2) is 16.8 Å². The molecule has 0 aliphatic carbocycles. The predicted molar refractivity (Wildman–Crippen MR) is 47.8 cm³/mol. The summed E-state index contributed by atoms with van der Waals surface area (Å²) in [5.41, 5.74) is 5.69. The van der Waals surface area contributed by atoms with Crippen molar-refractivity contribution in [3.05, 3.63) is 11.8 Å². The molecule has 6 heteroatoms. The molecular weight excluding hydrogens is 178 g/mol. The van der Waals surface area contributed by atoms with Gasteiger partial charge in [-0.2, -0.15) is 0 Å². The molecule has 0 saturated heterocycles. The average Bonchev–Trinajstić information content (AvgIpc) is 2.05. The van der Waals surface area contributed by atoms with Crippen LogP contribution in [-0.4, -0.2) is 28.7 Å². The molecule has 0 spiro atoms. The van der Waals surface area contributed by atoms with E-state index in [1.807, 2.05) is 0 Å². The third kappa shape index (κ3) is 1.77. The molecule has 1 aliphatic rings. The Morgan fingerprint density at radius 3 is 3.08 bits per heavy atom. The number of nitrogens with two attached hydrogens (primary N) is 1. The van der Waals surface area contributed by atoms with Crippen molar-refractivity contribution in [3.8, 4) is 0 Å². The number of thioether (sulfide) groups is 1. The van der Waals surface area contributed by atoms with Crippen molar-refractivity contribution in [2.75, 3.05) is 6.26 Å². The lowest BCUT2D eigenvalue weighted by molar-refractivity contribution is -0.133. The fourth-order valence-electron chi connectivity index (χ4n) is 0.718. The molecule has 1 unspecified atom stereocenters. The number of allylic oxidation sites excluding steroid dienone is 1. The normalized spacial score (nSPS) is 27.7. The molecular formula is C6H9N3O2S. The molecule has 0 bridgehead atoms. The number of carboxylic acid groups (broad SMARTS) is 1. The van der Waals surface area contributed by atoms with Gasteiger partial charge in [-0.1, -0.05) is 11.8 Å². The Labute approximate surface area is 73.7 Å². The van der Waals surface area contributed by atoms with Gasteiger partial charge in [-0.3, -0.25) is 5.73 Å². The lowest BCUT2D eigenvalue weighted by atomic mass is 10.4. The molecule has 5 nitrogen and oxygen atoms in total. The SMILES string of the molecule is CSC1(N)N=CC=C(C(=O)O)N1. The lowest BCUT2D eigenvalue weighted by Gasteiger charge is -2.27. The summed E-state index contributed by atoms with van der Waals surface area (Å²) in [4.78, 5) is 14.4. The Balaban J connectivity index is 2.80. The molecule has 0 amide bonds. The number of aliphatic carboxylic acids is 1. The highest BCUT2D eigenvalue weighted by atomic mass is 32.2. The van der Waals surface area contributed by atoms with Crippen LogP contribution < -0.4 is 11.1 Å². The second-order valence-corrected chi connectivity index (χ2v) is 3.22. The van der Waals surface area contributed by atoms with E-state index in [0.717, 1.165) is 0 Å². The van der Waals surface area contributed by atoms with Crippen LogP contribution in [0.25, 0.3) is 0 Å². The first-order valence-corrected chi connectivity index (χ1v) is 4.41. The minimum absolute atomic E-state index is 0.0573. The van der Waals surface area contributed by atoms with Gasteiger partial charge in [0.25, 0.3) is 0 Å². The lowest BCUT2D eigenvalue weighted by Crippen LogP contribution is -2.50. The number of hydrogen-bond donors (Lipinski definition) is 3. The van der Waals surface area contributed by atoms with Crippen LogP contribution >= 0.6 is 11.8 Å². The van der Waals surface area contributed by atoms with Crippen molar-refractivity contribution in [2.24, 2.45) is 10.7 Å². The van der Waals surface area contributed by atoms with Gasteiger partial charge in [0.2, 0.25) is 5.12 Å². The van der Waals surface area contributed by atoms with Gasteiger partial charge in [0.05, 0.1) is 0 Å². The summed E-state index contributed by atoms with van der Waals surface area (Å²) >= 11 is 1.23. The Kier molecular flexibility index (Phi) is 2.39. The molecule has 1 aliphatic heterocycles. The molecule has 66 valence electrons. The molecule has 4 N–H and O–H groups in total. The number of nitrogens with zero attached hydrogens (tertiary/aromatic N) is 1. The summed E-state index contributed by atoms with van der Waals surface area (Å²) in [6.45, 7) is 0. The zero-order valence-corrected chi connectivity index (χ0v) is 7.26. The highest BCUT2D eigenvalue weighted by Gasteiger charge is 2.26. The van der Waals surface area contributed by atoms with Crippen LogP contribution in [0.4, 0.5) is 0 Å². The van der Waals surface area contributed by atoms with E-state index in [9.17, 15) is 4.79 Å². The molecule has 1 rings (SSSR count). The molecule has 0 saturated carbocycles. The number of hydrogen-bond acceptors (Lipinski definition) is 5. The fraction of sp³-hybridized carbons (Fsp3) is 0.333. The fourth-order valence-corrected chi connectivity index (χ4v) is 1.10. The van der Waals surface area contributed by atoms with E-state index in [2.05, 4.69) is 10.3 Å². The third-order valence-corrected chi connectivity index (χ3v) is 2.19.